The highest BCUT2D eigenvalue weighted by atomic mass is 15.0. The maximum atomic E-state index is 2.44. The summed E-state index contributed by atoms with van der Waals surface area (Å²) in [5.74, 6) is 0. The molecule has 0 N–H and O–H groups in total. The van der Waals surface area contributed by atoms with Crippen molar-refractivity contribution in [2.45, 2.75) is 0 Å². The second kappa shape index (κ2) is 9.86. The second-order valence-electron chi connectivity index (χ2n) is 11.4. The molecule has 0 amide bonds. The number of nitrogens with zero attached hydrogens (tertiary/aromatic N) is 2. The third-order valence-electron chi connectivity index (χ3n) is 8.91. The summed E-state index contributed by atoms with van der Waals surface area (Å²) < 4.78 is 4.86. The fourth-order valence-electron chi connectivity index (χ4n) is 6.94. The normalized spacial score (nSPS) is 11.6. The highest BCUT2D eigenvalue weighted by Gasteiger charge is 2.20. The van der Waals surface area contributed by atoms with Crippen LogP contribution in [-0.4, -0.2) is 9.13 Å². The van der Waals surface area contributed by atoms with Crippen molar-refractivity contribution in [1.82, 2.24) is 9.13 Å². The summed E-state index contributed by atoms with van der Waals surface area (Å²) >= 11 is 0. The number of benzene rings is 7. The van der Waals surface area contributed by atoms with Crippen molar-refractivity contribution in [2.75, 3.05) is 0 Å². The van der Waals surface area contributed by atoms with Crippen LogP contribution < -0.4 is 0 Å². The lowest BCUT2D eigenvalue weighted by Crippen LogP contribution is -1.95. The predicted molar refractivity (Wildman–Crippen MR) is 186 cm³/mol. The Balaban J connectivity index is 1.27. The summed E-state index contributed by atoms with van der Waals surface area (Å²) in [5, 5.41) is 5.08. The lowest BCUT2D eigenvalue weighted by molar-refractivity contribution is 1.17. The first-order chi connectivity index (χ1) is 21.8. The summed E-state index contributed by atoms with van der Waals surface area (Å²) in [5.41, 5.74) is 12.1. The minimum atomic E-state index is 1.15. The summed E-state index contributed by atoms with van der Waals surface area (Å²) in [6, 6.07) is 61.3. The van der Waals surface area contributed by atoms with Crippen LogP contribution in [0.4, 0.5) is 0 Å². The fraction of sp³-hybridized carbons (Fsp3) is 0. The van der Waals surface area contributed by atoms with Gasteiger partial charge in [0.1, 0.15) is 0 Å². The van der Waals surface area contributed by atoms with Crippen LogP contribution in [0, 0.1) is 0 Å². The van der Waals surface area contributed by atoms with Gasteiger partial charge in [-0.1, -0.05) is 121 Å². The Hall–Kier alpha value is -5.86. The molecule has 0 radical (unpaired) electrons. The van der Waals surface area contributed by atoms with Gasteiger partial charge < -0.3 is 9.13 Å². The van der Waals surface area contributed by atoms with Gasteiger partial charge >= 0.3 is 0 Å². The molecule has 2 nitrogen and oxygen atoms in total. The van der Waals surface area contributed by atoms with Crippen LogP contribution in [-0.2, 0) is 0 Å². The topological polar surface area (TPSA) is 9.86 Å². The van der Waals surface area contributed by atoms with Crippen molar-refractivity contribution in [3.05, 3.63) is 170 Å². The monoisotopic (exact) mass is 560 g/mol. The molecule has 0 saturated heterocycles. The van der Waals surface area contributed by atoms with Gasteiger partial charge in [0.2, 0.25) is 0 Å². The van der Waals surface area contributed by atoms with Gasteiger partial charge in [0, 0.05) is 32.9 Å². The molecule has 0 aliphatic rings. The molecule has 0 unspecified atom stereocenters. The largest absolute Gasteiger partial charge is 0.309 e. The smallest absolute Gasteiger partial charge is 0.0641 e. The average molecular weight is 561 g/mol. The molecule has 206 valence electrons. The molecule has 2 heterocycles. The number of aromatic nitrogens is 2. The van der Waals surface area contributed by atoms with E-state index in [1.54, 1.807) is 0 Å². The van der Waals surface area contributed by atoms with E-state index >= 15 is 0 Å². The van der Waals surface area contributed by atoms with Gasteiger partial charge in [-0.15, -0.1) is 0 Å². The zero-order chi connectivity index (χ0) is 29.0. The Morgan fingerprint density at radius 1 is 0.295 bits per heavy atom. The zero-order valence-corrected chi connectivity index (χ0v) is 24.1. The molecule has 0 saturated carbocycles. The molecule has 0 atom stereocenters. The quantitative estimate of drug-likeness (QED) is 0.203. The van der Waals surface area contributed by atoms with Crippen LogP contribution in [0.5, 0.6) is 0 Å². The van der Waals surface area contributed by atoms with E-state index in [-0.39, 0.29) is 0 Å². The molecule has 9 aromatic rings. The minimum absolute atomic E-state index is 1.15. The van der Waals surface area contributed by atoms with E-state index in [0.717, 1.165) is 5.69 Å². The molecular weight excluding hydrogens is 532 g/mol. The van der Waals surface area contributed by atoms with E-state index in [4.69, 9.17) is 0 Å². The van der Waals surface area contributed by atoms with E-state index in [1.165, 1.54) is 71.6 Å². The van der Waals surface area contributed by atoms with Crippen LogP contribution in [0.2, 0.25) is 0 Å². The number of hydrogen-bond acceptors (Lipinski definition) is 0. The van der Waals surface area contributed by atoms with Crippen LogP contribution in [0.25, 0.3) is 77.2 Å². The summed E-state index contributed by atoms with van der Waals surface area (Å²) in [7, 11) is 0. The summed E-state index contributed by atoms with van der Waals surface area (Å²) in [4.78, 5) is 0. The van der Waals surface area contributed by atoms with E-state index in [0.29, 0.717) is 0 Å². The third kappa shape index (κ3) is 3.75. The number of fused-ring (bicyclic) bond motifs is 7. The summed E-state index contributed by atoms with van der Waals surface area (Å²) in [6.07, 6.45) is 0. The molecule has 0 aliphatic carbocycles. The molecule has 44 heavy (non-hydrogen) atoms. The second-order valence-corrected chi connectivity index (χ2v) is 11.4. The molecular formula is C42H28N2. The average Bonchev–Trinajstić information content (AvgIpc) is 3.62. The first-order valence-corrected chi connectivity index (χ1v) is 15.1. The van der Waals surface area contributed by atoms with Crippen molar-refractivity contribution in [1.29, 1.82) is 0 Å². The van der Waals surface area contributed by atoms with Gasteiger partial charge in [0.05, 0.1) is 22.1 Å². The van der Waals surface area contributed by atoms with Crippen molar-refractivity contribution in [2.24, 2.45) is 0 Å². The number of rotatable bonds is 4. The van der Waals surface area contributed by atoms with Gasteiger partial charge in [-0.3, -0.25) is 0 Å². The van der Waals surface area contributed by atoms with Crippen molar-refractivity contribution in [3.63, 3.8) is 0 Å². The molecule has 7 aromatic carbocycles. The van der Waals surface area contributed by atoms with Gasteiger partial charge in [0.15, 0.2) is 0 Å². The molecule has 0 bridgehead atoms. The van der Waals surface area contributed by atoms with Crippen LogP contribution in [0.1, 0.15) is 0 Å². The van der Waals surface area contributed by atoms with E-state index in [1.807, 2.05) is 0 Å². The highest BCUT2D eigenvalue weighted by molar-refractivity contribution is 6.26. The fourth-order valence-corrected chi connectivity index (χ4v) is 6.94. The van der Waals surface area contributed by atoms with Gasteiger partial charge in [-0.25, -0.2) is 0 Å². The van der Waals surface area contributed by atoms with Crippen molar-refractivity contribution in [3.8, 4) is 33.6 Å². The zero-order valence-electron chi connectivity index (χ0n) is 24.1. The predicted octanol–water partition coefficient (Wildman–Crippen LogP) is 11.2. The van der Waals surface area contributed by atoms with Crippen molar-refractivity contribution < 1.29 is 0 Å². The SMILES string of the molecule is c1ccc(-c2cccc(-c3ccc(-n4c5ccccc5c5c4ccc4c6ccccc6n(-c6ccccc6)c45)cc3)c2)cc1. The lowest BCUT2D eigenvalue weighted by atomic mass is 9.99. The maximum absolute atomic E-state index is 2.44. The Kier molecular flexibility index (Phi) is 5.54. The molecule has 0 fully saturated rings. The maximum Gasteiger partial charge on any atom is 0.0641 e. The van der Waals surface area contributed by atoms with Crippen LogP contribution >= 0.6 is 0 Å². The first-order valence-electron chi connectivity index (χ1n) is 15.1. The summed E-state index contributed by atoms with van der Waals surface area (Å²) in [6.45, 7) is 0. The first kappa shape index (κ1) is 24.7. The van der Waals surface area contributed by atoms with E-state index < -0.39 is 0 Å². The Morgan fingerprint density at radius 3 is 1.57 bits per heavy atom. The third-order valence-corrected chi connectivity index (χ3v) is 8.91. The Bertz CT molecular complexity index is 2460. The van der Waals surface area contributed by atoms with Gasteiger partial charge in [-0.05, 0) is 70.8 Å². The molecule has 2 heteroatoms. The Morgan fingerprint density at radius 2 is 0.841 bits per heavy atom. The van der Waals surface area contributed by atoms with Crippen LogP contribution in [0.15, 0.2) is 170 Å². The molecule has 0 aliphatic heterocycles. The van der Waals surface area contributed by atoms with Gasteiger partial charge in [0.25, 0.3) is 0 Å². The van der Waals surface area contributed by atoms with Gasteiger partial charge in [-0.2, -0.15) is 0 Å². The number of para-hydroxylation sites is 3. The number of hydrogen-bond donors (Lipinski definition) is 0. The highest BCUT2D eigenvalue weighted by Crippen LogP contribution is 2.42. The molecule has 0 spiro atoms. The lowest BCUT2D eigenvalue weighted by Gasteiger charge is -2.11. The van der Waals surface area contributed by atoms with Crippen LogP contribution in [0.3, 0.4) is 0 Å². The van der Waals surface area contributed by atoms with E-state index in [2.05, 4.69) is 179 Å². The molecule has 2 aromatic heterocycles. The minimum Gasteiger partial charge on any atom is -0.309 e. The van der Waals surface area contributed by atoms with Crippen molar-refractivity contribution >= 4 is 43.6 Å². The standard InChI is InChI=1S/C42H28N2/c1-3-12-29(13-4-1)31-14-11-15-32(28-31)30-22-24-34(25-23-30)43-39-21-10-8-19-37(39)41-40(43)27-26-36-35-18-7-9-20-38(35)44(42(36)41)33-16-5-2-6-17-33/h1-28H. The molecule has 9 rings (SSSR count). The van der Waals surface area contributed by atoms with E-state index in [9.17, 15) is 0 Å². The Labute approximate surface area is 255 Å².